The topological polar surface area (TPSA) is 55.0 Å². The van der Waals surface area contributed by atoms with Gasteiger partial charge in [-0.05, 0) is 24.5 Å². The maximum atomic E-state index is 5.92. The Morgan fingerprint density at radius 1 is 1.33 bits per heavy atom. The lowest BCUT2D eigenvalue weighted by atomic mass is 10.4. The van der Waals surface area contributed by atoms with Gasteiger partial charge in [-0.1, -0.05) is 25.6 Å². The maximum Gasteiger partial charge on any atom is 0.190 e. The third-order valence-corrected chi connectivity index (χ3v) is 4.50. The van der Waals surface area contributed by atoms with Crippen molar-refractivity contribution in [2.75, 3.05) is 31.1 Å². The van der Waals surface area contributed by atoms with Crippen LogP contribution in [0.4, 0.5) is 5.82 Å². The van der Waals surface area contributed by atoms with Crippen LogP contribution in [0.2, 0.25) is 0 Å². The van der Waals surface area contributed by atoms with Gasteiger partial charge in [0.2, 0.25) is 0 Å². The Hall–Kier alpha value is -0.850. The second kappa shape index (κ2) is 6.36. The van der Waals surface area contributed by atoms with Crippen molar-refractivity contribution in [1.29, 1.82) is 0 Å². The molecule has 0 aliphatic rings. The lowest BCUT2D eigenvalue weighted by Crippen LogP contribution is -2.25. The molecule has 0 spiro atoms. The molecule has 0 radical (unpaired) electrons. The SMILES string of the molecule is CCN(CC)CCSc1nc(N)c2ccsc2n1. The fourth-order valence-electron chi connectivity index (χ4n) is 1.73. The van der Waals surface area contributed by atoms with Gasteiger partial charge in [-0.15, -0.1) is 11.3 Å². The Morgan fingerprint density at radius 2 is 2.11 bits per heavy atom. The number of thioether (sulfide) groups is 1. The predicted molar refractivity (Wildman–Crippen MR) is 80.3 cm³/mol. The number of aromatic nitrogens is 2. The van der Waals surface area contributed by atoms with Crippen molar-refractivity contribution >= 4 is 39.1 Å². The quantitative estimate of drug-likeness (QED) is 0.652. The molecule has 0 fully saturated rings. The highest BCUT2D eigenvalue weighted by atomic mass is 32.2. The summed E-state index contributed by atoms with van der Waals surface area (Å²) in [6.07, 6.45) is 0. The van der Waals surface area contributed by atoms with E-state index in [1.165, 1.54) is 0 Å². The van der Waals surface area contributed by atoms with Crippen LogP contribution in [0, 0.1) is 0 Å². The molecule has 2 N–H and O–H groups in total. The summed E-state index contributed by atoms with van der Waals surface area (Å²) in [5.41, 5.74) is 5.92. The van der Waals surface area contributed by atoms with Crippen LogP contribution in [0.5, 0.6) is 0 Å². The maximum absolute atomic E-state index is 5.92. The zero-order valence-corrected chi connectivity index (χ0v) is 12.4. The molecule has 0 atom stereocenters. The Kier molecular flexibility index (Phi) is 4.79. The minimum atomic E-state index is 0.589. The van der Waals surface area contributed by atoms with Crippen LogP contribution in [0.3, 0.4) is 0 Å². The Morgan fingerprint density at radius 3 is 2.83 bits per heavy atom. The lowest BCUT2D eigenvalue weighted by Gasteiger charge is -2.16. The molecule has 18 heavy (non-hydrogen) atoms. The predicted octanol–water partition coefficient (Wildman–Crippen LogP) is 2.71. The van der Waals surface area contributed by atoms with Crippen LogP contribution in [-0.2, 0) is 0 Å². The van der Waals surface area contributed by atoms with Crippen molar-refractivity contribution in [2.45, 2.75) is 19.0 Å². The molecule has 0 amide bonds. The third-order valence-electron chi connectivity index (χ3n) is 2.87. The van der Waals surface area contributed by atoms with E-state index in [0.717, 1.165) is 40.8 Å². The summed E-state index contributed by atoms with van der Waals surface area (Å²) in [5, 5.41) is 3.75. The molecule has 2 aromatic rings. The standard InChI is InChI=1S/C12H18N4S2/c1-3-16(4-2)6-8-18-12-14-10(13)9-5-7-17-11(9)15-12/h5,7H,3-4,6,8H2,1-2H3,(H2,13,14,15). The highest BCUT2D eigenvalue weighted by Crippen LogP contribution is 2.26. The van der Waals surface area contributed by atoms with E-state index in [2.05, 4.69) is 28.7 Å². The van der Waals surface area contributed by atoms with Gasteiger partial charge in [0.25, 0.3) is 0 Å². The van der Waals surface area contributed by atoms with E-state index in [0.29, 0.717) is 5.82 Å². The fraction of sp³-hybridized carbons (Fsp3) is 0.500. The van der Waals surface area contributed by atoms with Gasteiger partial charge in [0.05, 0.1) is 5.39 Å². The average Bonchev–Trinajstić information content (AvgIpc) is 2.83. The van der Waals surface area contributed by atoms with E-state index < -0.39 is 0 Å². The molecule has 0 bridgehead atoms. The first-order chi connectivity index (χ1) is 8.74. The van der Waals surface area contributed by atoms with Crippen molar-refractivity contribution in [1.82, 2.24) is 14.9 Å². The monoisotopic (exact) mass is 282 g/mol. The summed E-state index contributed by atoms with van der Waals surface area (Å²) >= 11 is 3.28. The number of nitrogen functional groups attached to an aromatic ring is 1. The number of nitrogens with two attached hydrogens (primary N) is 1. The van der Waals surface area contributed by atoms with E-state index in [9.17, 15) is 0 Å². The van der Waals surface area contributed by atoms with Gasteiger partial charge in [-0.25, -0.2) is 9.97 Å². The van der Waals surface area contributed by atoms with Gasteiger partial charge in [0.1, 0.15) is 10.6 Å². The molecule has 4 nitrogen and oxygen atoms in total. The summed E-state index contributed by atoms with van der Waals surface area (Å²) in [4.78, 5) is 12.2. The summed E-state index contributed by atoms with van der Waals surface area (Å²) in [7, 11) is 0. The zero-order chi connectivity index (χ0) is 13.0. The normalized spacial score (nSPS) is 11.5. The number of hydrogen-bond donors (Lipinski definition) is 1. The molecule has 2 rings (SSSR count). The van der Waals surface area contributed by atoms with Crippen LogP contribution in [0.15, 0.2) is 16.6 Å². The summed E-state index contributed by atoms with van der Waals surface area (Å²) < 4.78 is 0. The van der Waals surface area contributed by atoms with Crippen LogP contribution >= 0.6 is 23.1 Å². The first-order valence-corrected chi connectivity index (χ1v) is 7.97. The van der Waals surface area contributed by atoms with E-state index in [1.54, 1.807) is 23.1 Å². The van der Waals surface area contributed by atoms with Crippen LogP contribution in [-0.4, -0.2) is 40.3 Å². The van der Waals surface area contributed by atoms with E-state index in [1.807, 2.05) is 11.4 Å². The highest BCUT2D eigenvalue weighted by molar-refractivity contribution is 7.99. The summed E-state index contributed by atoms with van der Waals surface area (Å²) in [5.74, 6) is 1.59. The molecule has 0 aliphatic heterocycles. The summed E-state index contributed by atoms with van der Waals surface area (Å²) in [6.45, 7) is 7.60. The number of thiophene rings is 1. The van der Waals surface area contributed by atoms with Crippen molar-refractivity contribution in [3.8, 4) is 0 Å². The van der Waals surface area contributed by atoms with Gasteiger partial charge >= 0.3 is 0 Å². The van der Waals surface area contributed by atoms with E-state index in [-0.39, 0.29) is 0 Å². The van der Waals surface area contributed by atoms with Gasteiger partial charge in [0, 0.05) is 12.3 Å². The molecule has 0 aromatic carbocycles. The Labute approximate surface area is 116 Å². The molecule has 98 valence electrons. The average molecular weight is 282 g/mol. The van der Waals surface area contributed by atoms with E-state index in [4.69, 9.17) is 5.73 Å². The minimum Gasteiger partial charge on any atom is -0.383 e. The molecular formula is C12H18N4S2. The van der Waals surface area contributed by atoms with Crippen molar-refractivity contribution in [2.24, 2.45) is 0 Å². The van der Waals surface area contributed by atoms with Crippen molar-refractivity contribution in [3.05, 3.63) is 11.4 Å². The van der Waals surface area contributed by atoms with Gasteiger partial charge in [-0.2, -0.15) is 0 Å². The fourth-order valence-corrected chi connectivity index (χ4v) is 3.41. The van der Waals surface area contributed by atoms with Crippen LogP contribution < -0.4 is 5.73 Å². The summed E-state index contributed by atoms with van der Waals surface area (Å²) in [6, 6.07) is 1.97. The number of nitrogens with zero attached hydrogens (tertiary/aromatic N) is 3. The first kappa shape index (κ1) is 13.6. The number of anilines is 1. The van der Waals surface area contributed by atoms with Gasteiger partial charge in [0.15, 0.2) is 5.16 Å². The largest absolute Gasteiger partial charge is 0.383 e. The smallest absolute Gasteiger partial charge is 0.190 e. The number of fused-ring (bicyclic) bond motifs is 1. The van der Waals surface area contributed by atoms with Crippen LogP contribution in [0.25, 0.3) is 10.2 Å². The molecule has 0 aliphatic carbocycles. The Balaban J connectivity index is 1.99. The molecule has 2 heterocycles. The first-order valence-electron chi connectivity index (χ1n) is 6.10. The zero-order valence-electron chi connectivity index (χ0n) is 10.7. The van der Waals surface area contributed by atoms with Gasteiger partial charge in [-0.3, -0.25) is 0 Å². The van der Waals surface area contributed by atoms with Crippen molar-refractivity contribution in [3.63, 3.8) is 0 Å². The second-order valence-electron chi connectivity index (χ2n) is 3.91. The minimum absolute atomic E-state index is 0.589. The molecular weight excluding hydrogens is 264 g/mol. The van der Waals surface area contributed by atoms with Crippen molar-refractivity contribution < 1.29 is 0 Å². The molecule has 6 heteroatoms. The molecule has 0 saturated carbocycles. The Bertz CT molecular complexity index is 508. The molecule has 2 aromatic heterocycles. The lowest BCUT2D eigenvalue weighted by molar-refractivity contribution is 0.324. The second-order valence-corrected chi connectivity index (χ2v) is 5.86. The molecule has 0 unspecified atom stereocenters. The number of rotatable bonds is 6. The molecule has 0 saturated heterocycles. The van der Waals surface area contributed by atoms with E-state index >= 15 is 0 Å². The third kappa shape index (κ3) is 3.13. The van der Waals surface area contributed by atoms with Crippen LogP contribution in [0.1, 0.15) is 13.8 Å². The highest BCUT2D eigenvalue weighted by Gasteiger charge is 2.07. The number of hydrogen-bond acceptors (Lipinski definition) is 6. The van der Waals surface area contributed by atoms with Gasteiger partial charge < -0.3 is 10.6 Å².